The molecule has 0 heterocycles. The summed E-state index contributed by atoms with van der Waals surface area (Å²) in [5.41, 5.74) is 0. The van der Waals surface area contributed by atoms with Gasteiger partial charge >= 0.3 is 11.9 Å². The minimum atomic E-state index is -0.903. The molecule has 40 heavy (non-hydrogen) atoms. The van der Waals surface area contributed by atoms with E-state index in [0.717, 1.165) is 19.3 Å². The second-order valence-electron chi connectivity index (χ2n) is 11.8. The molecule has 0 bridgehead atoms. The molecule has 0 aromatic rings. The van der Waals surface area contributed by atoms with Gasteiger partial charge < -0.3 is 9.84 Å². The number of carboxylic acid groups (broad SMARTS) is 1. The van der Waals surface area contributed by atoms with Gasteiger partial charge in [0, 0.05) is 0 Å². The van der Waals surface area contributed by atoms with Crippen molar-refractivity contribution in [2.75, 3.05) is 6.61 Å². The van der Waals surface area contributed by atoms with Crippen LogP contribution in [0.1, 0.15) is 180 Å². The molecule has 0 radical (unpaired) electrons. The van der Waals surface area contributed by atoms with E-state index in [-0.39, 0.29) is 13.0 Å². The maximum absolute atomic E-state index is 11.6. The summed E-state index contributed by atoms with van der Waals surface area (Å²) in [5, 5.41) is 9.31. The summed E-state index contributed by atoms with van der Waals surface area (Å²) in [6.45, 7) is 5.92. The summed E-state index contributed by atoms with van der Waals surface area (Å²) in [6, 6.07) is 0. The Morgan fingerprint density at radius 1 is 0.625 bits per heavy atom. The van der Waals surface area contributed by atoms with E-state index in [2.05, 4.69) is 25.7 Å². The third-order valence-electron chi connectivity index (χ3n) is 7.94. The van der Waals surface area contributed by atoms with Gasteiger partial charge in [0.1, 0.15) is 6.61 Å². The molecule has 0 amide bonds. The van der Waals surface area contributed by atoms with Crippen LogP contribution in [0.3, 0.4) is 0 Å². The normalized spacial score (nSPS) is 12.1. The first-order valence-corrected chi connectivity index (χ1v) is 17.3. The molecule has 0 aliphatic rings. The van der Waals surface area contributed by atoms with Gasteiger partial charge in [0.05, 0.1) is 12.3 Å². The van der Waals surface area contributed by atoms with Gasteiger partial charge in [-0.3, -0.25) is 9.59 Å². The molecule has 4 heteroatoms. The molecule has 1 atom stereocenters. The quantitative estimate of drug-likeness (QED) is 0.0503. The molecule has 4 nitrogen and oxygen atoms in total. The number of unbranched alkanes of at least 4 members (excludes halogenated alkanes) is 23. The third-order valence-corrected chi connectivity index (χ3v) is 7.94. The van der Waals surface area contributed by atoms with Crippen molar-refractivity contribution in [2.24, 2.45) is 5.92 Å². The molecule has 0 spiro atoms. The zero-order valence-corrected chi connectivity index (χ0v) is 26.5. The van der Waals surface area contributed by atoms with Crippen LogP contribution in [0.4, 0.5) is 0 Å². The van der Waals surface area contributed by atoms with Crippen molar-refractivity contribution < 1.29 is 19.4 Å². The maximum atomic E-state index is 11.6. The highest BCUT2D eigenvalue weighted by Crippen LogP contribution is 2.18. The fourth-order valence-electron chi connectivity index (χ4n) is 5.31. The number of carboxylic acids is 1. The van der Waals surface area contributed by atoms with Crippen LogP contribution in [-0.4, -0.2) is 23.7 Å². The van der Waals surface area contributed by atoms with Crippen molar-refractivity contribution in [1.29, 1.82) is 0 Å². The molecule has 1 N–H and O–H groups in total. The van der Waals surface area contributed by atoms with Crippen molar-refractivity contribution in [1.82, 2.24) is 0 Å². The molecule has 0 fully saturated rings. The number of rotatable bonds is 32. The zero-order chi connectivity index (χ0) is 29.4. The van der Waals surface area contributed by atoms with Crippen LogP contribution in [0.15, 0.2) is 24.8 Å². The van der Waals surface area contributed by atoms with E-state index in [1.165, 1.54) is 147 Å². The van der Waals surface area contributed by atoms with Crippen LogP contribution < -0.4 is 0 Å². The Morgan fingerprint density at radius 2 is 1.00 bits per heavy atom. The summed E-state index contributed by atoms with van der Waals surface area (Å²) < 4.78 is 4.91. The number of aliphatic carboxylic acids is 1. The second kappa shape index (κ2) is 31.9. The second-order valence-corrected chi connectivity index (χ2v) is 11.8. The Hall–Kier alpha value is -1.58. The summed E-state index contributed by atoms with van der Waals surface area (Å²) in [7, 11) is 0. The molecule has 0 saturated heterocycles. The van der Waals surface area contributed by atoms with Crippen molar-refractivity contribution in [3.05, 3.63) is 24.8 Å². The monoisotopic (exact) mass is 562 g/mol. The van der Waals surface area contributed by atoms with Crippen molar-refractivity contribution in [3.8, 4) is 0 Å². The average Bonchev–Trinajstić information content (AvgIpc) is 2.94. The van der Waals surface area contributed by atoms with E-state index < -0.39 is 17.9 Å². The Morgan fingerprint density at radius 3 is 1.38 bits per heavy atom. The predicted molar refractivity (Wildman–Crippen MR) is 172 cm³/mol. The highest BCUT2D eigenvalue weighted by molar-refractivity contribution is 5.78. The number of carbonyl (C=O) groups excluding carboxylic acids is 1. The standard InChI is InChI=1S/C36H66O4/c1-3-5-6-7-8-9-10-11-12-13-14-15-16-17-18-19-20-21-22-23-24-25-26-27-28-29-30-31-34(36(38)39)33-35(37)40-32-4-2/h4,20-21,34H,2-3,5-19,22-33H2,1H3,(H,38,39)/b21-20+. The SMILES string of the molecule is C=CCOC(=O)CC(CCCCCCCCCC/C=C/CCCCCCCCCCCCCCCCC)C(=O)O. The number of carbonyl (C=O) groups is 2. The summed E-state index contributed by atoms with van der Waals surface area (Å²) >= 11 is 0. The van der Waals surface area contributed by atoms with E-state index in [1.807, 2.05) is 0 Å². The van der Waals surface area contributed by atoms with Gasteiger partial charge in [-0.1, -0.05) is 167 Å². The van der Waals surface area contributed by atoms with Crippen LogP contribution in [0, 0.1) is 5.92 Å². The summed E-state index contributed by atoms with van der Waals surface area (Å²) in [5.74, 6) is -1.99. The van der Waals surface area contributed by atoms with Crippen molar-refractivity contribution >= 4 is 11.9 Å². The molecule has 234 valence electrons. The molecule has 0 aliphatic carbocycles. The van der Waals surface area contributed by atoms with E-state index >= 15 is 0 Å². The molecular weight excluding hydrogens is 496 g/mol. The van der Waals surface area contributed by atoms with Crippen LogP contribution >= 0.6 is 0 Å². The summed E-state index contributed by atoms with van der Waals surface area (Å²) in [4.78, 5) is 23.0. The van der Waals surface area contributed by atoms with Gasteiger partial charge in [-0.05, 0) is 32.1 Å². The maximum Gasteiger partial charge on any atom is 0.307 e. The predicted octanol–water partition coefficient (Wildman–Crippen LogP) is 11.5. The van der Waals surface area contributed by atoms with E-state index in [4.69, 9.17) is 4.74 Å². The molecule has 0 rings (SSSR count). The smallest absolute Gasteiger partial charge is 0.307 e. The number of esters is 1. The summed E-state index contributed by atoms with van der Waals surface area (Å²) in [6.07, 6.45) is 40.0. The Kier molecular flexibility index (Phi) is 30.7. The Labute approximate surface area is 248 Å². The number of hydrogen-bond donors (Lipinski definition) is 1. The fraction of sp³-hybridized carbons (Fsp3) is 0.833. The molecule has 0 aliphatic heterocycles. The molecule has 1 unspecified atom stereocenters. The number of allylic oxidation sites excluding steroid dienone is 2. The van der Waals surface area contributed by atoms with E-state index in [1.54, 1.807) is 0 Å². The Balaban J connectivity index is 3.33. The first-order chi connectivity index (χ1) is 19.6. The lowest BCUT2D eigenvalue weighted by Crippen LogP contribution is -2.19. The van der Waals surface area contributed by atoms with Crippen LogP contribution in [0.5, 0.6) is 0 Å². The topological polar surface area (TPSA) is 63.6 Å². The van der Waals surface area contributed by atoms with Gasteiger partial charge in [0.2, 0.25) is 0 Å². The van der Waals surface area contributed by atoms with Crippen LogP contribution in [0.2, 0.25) is 0 Å². The third kappa shape index (κ3) is 29.4. The molecule has 0 saturated carbocycles. The highest BCUT2D eigenvalue weighted by Gasteiger charge is 2.21. The molecule has 0 aromatic heterocycles. The first-order valence-electron chi connectivity index (χ1n) is 17.3. The minimum absolute atomic E-state index is 0.0445. The van der Waals surface area contributed by atoms with Gasteiger partial charge in [-0.2, -0.15) is 0 Å². The largest absolute Gasteiger partial charge is 0.481 e. The number of ether oxygens (including phenoxy) is 1. The zero-order valence-electron chi connectivity index (χ0n) is 26.5. The highest BCUT2D eigenvalue weighted by atomic mass is 16.5. The van der Waals surface area contributed by atoms with Gasteiger partial charge in [-0.15, -0.1) is 0 Å². The first kappa shape index (κ1) is 38.4. The van der Waals surface area contributed by atoms with E-state index in [9.17, 15) is 14.7 Å². The molecule has 0 aromatic carbocycles. The lowest BCUT2D eigenvalue weighted by molar-refractivity contribution is -0.151. The van der Waals surface area contributed by atoms with Crippen LogP contribution in [0.25, 0.3) is 0 Å². The number of hydrogen-bond acceptors (Lipinski definition) is 3. The lowest BCUT2D eigenvalue weighted by atomic mass is 9.97. The van der Waals surface area contributed by atoms with Crippen molar-refractivity contribution in [3.63, 3.8) is 0 Å². The van der Waals surface area contributed by atoms with E-state index in [0.29, 0.717) is 6.42 Å². The fourth-order valence-corrected chi connectivity index (χ4v) is 5.31. The van der Waals surface area contributed by atoms with Gasteiger partial charge in [-0.25, -0.2) is 0 Å². The van der Waals surface area contributed by atoms with Gasteiger partial charge in [0.15, 0.2) is 0 Å². The Bertz CT molecular complexity index is 598. The molecular formula is C36H66O4. The van der Waals surface area contributed by atoms with Gasteiger partial charge in [0.25, 0.3) is 0 Å². The van der Waals surface area contributed by atoms with Crippen molar-refractivity contribution in [2.45, 2.75) is 180 Å². The van der Waals surface area contributed by atoms with Crippen LogP contribution in [-0.2, 0) is 14.3 Å². The lowest BCUT2D eigenvalue weighted by Gasteiger charge is -2.11. The average molecular weight is 563 g/mol. The minimum Gasteiger partial charge on any atom is -0.481 e.